The third-order valence-corrected chi connectivity index (χ3v) is 4.06. The van der Waals surface area contributed by atoms with Gasteiger partial charge in [-0.15, -0.1) is 0 Å². The first-order valence-corrected chi connectivity index (χ1v) is 6.55. The Morgan fingerprint density at radius 1 is 1.22 bits per heavy atom. The monoisotopic (exact) mass is 238 g/mol. The number of hydrogen-bond donors (Lipinski definition) is 0. The van der Waals surface area contributed by atoms with Crippen molar-refractivity contribution in [2.24, 2.45) is 0 Å². The maximum atomic E-state index is 12.4. The number of aromatic nitrogens is 1. The summed E-state index contributed by atoms with van der Waals surface area (Å²) >= 11 is 0. The predicted molar refractivity (Wildman–Crippen MR) is 69.4 cm³/mol. The van der Waals surface area contributed by atoms with Gasteiger partial charge in [0.15, 0.2) is 0 Å². The second-order valence-corrected chi connectivity index (χ2v) is 5.12. The molecule has 0 bridgehead atoms. The van der Waals surface area contributed by atoms with Crippen LogP contribution in [0.25, 0.3) is 10.9 Å². The van der Waals surface area contributed by atoms with Gasteiger partial charge in [0.05, 0.1) is 22.8 Å². The molecule has 0 radical (unpaired) electrons. The Bertz CT molecular complexity index is 650. The van der Waals surface area contributed by atoms with Crippen LogP contribution >= 0.6 is 0 Å². The molecule has 0 N–H and O–H groups in total. The largest absolute Gasteiger partial charge is 0.330 e. The average molecular weight is 238 g/mol. The van der Waals surface area contributed by atoms with Crippen molar-refractivity contribution < 1.29 is 4.79 Å². The van der Waals surface area contributed by atoms with Crippen LogP contribution in [0.2, 0.25) is 0 Å². The van der Waals surface area contributed by atoms with Gasteiger partial charge in [-0.25, -0.2) is 4.98 Å². The molecule has 0 unspecified atom stereocenters. The minimum absolute atomic E-state index is 0.174. The first-order chi connectivity index (χ1) is 8.84. The molecule has 1 aromatic heterocycles. The van der Waals surface area contributed by atoms with Crippen LogP contribution in [0.15, 0.2) is 30.3 Å². The van der Waals surface area contributed by atoms with Gasteiger partial charge >= 0.3 is 0 Å². The highest BCUT2D eigenvalue weighted by Crippen LogP contribution is 2.39. The topological polar surface area (TPSA) is 33.2 Å². The smallest absolute Gasteiger partial charge is 0.256 e. The van der Waals surface area contributed by atoms with Crippen molar-refractivity contribution >= 4 is 16.8 Å². The summed E-state index contributed by atoms with van der Waals surface area (Å²) in [5.74, 6) is 0.174. The highest BCUT2D eigenvalue weighted by Gasteiger charge is 2.39. The highest BCUT2D eigenvalue weighted by atomic mass is 16.2. The molecule has 3 heteroatoms. The first-order valence-electron chi connectivity index (χ1n) is 6.55. The Hall–Kier alpha value is -1.90. The van der Waals surface area contributed by atoms with E-state index in [1.54, 1.807) is 0 Å². The van der Waals surface area contributed by atoms with E-state index in [4.69, 9.17) is 4.98 Å². The number of pyridine rings is 1. The number of nitrogens with zero attached hydrogens (tertiary/aromatic N) is 2. The molecule has 3 nitrogen and oxygen atoms in total. The van der Waals surface area contributed by atoms with Crippen molar-refractivity contribution in [2.45, 2.75) is 25.3 Å². The van der Waals surface area contributed by atoms with Crippen LogP contribution in [-0.2, 0) is 0 Å². The Kier molecular flexibility index (Phi) is 1.98. The number of carbonyl (C=O) groups excluding carboxylic acids is 1. The van der Waals surface area contributed by atoms with Crippen LogP contribution in [0.5, 0.6) is 0 Å². The summed E-state index contributed by atoms with van der Waals surface area (Å²) in [6.45, 7) is 0.885. The Labute approximate surface area is 105 Å². The summed E-state index contributed by atoms with van der Waals surface area (Å²) in [6.07, 6.45) is 3.38. The van der Waals surface area contributed by atoms with E-state index in [2.05, 4.69) is 0 Å². The molecule has 1 aromatic carbocycles. The molecule has 1 amide bonds. The number of hydrogen-bond acceptors (Lipinski definition) is 2. The van der Waals surface area contributed by atoms with E-state index in [0.717, 1.165) is 41.5 Å². The average Bonchev–Trinajstić information content (AvgIpc) is 2.71. The molecule has 0 saturated carbocycles. The molecule has 0 spiro atoms. The number of amides is 1. The molecule has 0 aliphatic carbocycles. The molecule has 2 aliphatic rings. The van der Waals surface area contributed by atoms with E-state index < -0.39 is 0 Å². The Balaban J connectivity index is 1.96. The lowest BCUT2D eigenvalue weighted by atomic mass is 10.0. The summed E-state index contributed by atoms with van der Waals surface area (Å²) in [4.78, 5) is 19.1. The number of fused-ring (bicyclic) bond motifs is 4. The fourth-order valence-corrected chi connectivity index (χ4v) is 3.17. The van der Waals surface area contributed by atoms with E-state index in [1.807, 2.05) is 35.2 Å². The van der Waals surface area contributed by atoms with E-state index in [0.29, 0.717) is 0 Å². The third-order valence-electron chi connectivity index (χ3n) is 4.06. The van der Waals surface area contributed by atoms with Gasteiger partial charge in [0.1, 0.15) is 0 Å². The van der Waals surface area contributed by atoms with Crippen LogP contribution in [0.3, 0.4) is 0 Å². The second kappa shape index (κ2) is 3.55. The van der Waals surface area contributed by atoms with Crippen molar-refractivity contribution in [3.05, 3.63) is 41.6 Å². The summed E-state index contributed by atoms with van der Waals surface area (Å²) in [5.41, 5.74) is 2.82. The highest BCUT2D eigenvalue weighted by molar-refractivity contribution is 6.01. The molecular weight excluding hydrogens is 224 g/mol. The molecule has 4 rings (SSSR count). The zero-order chi connectivity index (χ0) is 12.1. The number of para-hydroxylation sites is 1. The van der Waals surface area contributed by atoms with Gasteiger partial charge in [-0.1, -0.05) is 18.2 Å². The summed E-state index contributed by atoms with van der Waals surface area (Å²) in [6, 6.07) is 10.3. The molecule has 1 atom stereocenters. The van der Waals surface area contributed by atoms with Crippen molar-refractivity contribution in [3.8, 4) is 0 Å². The van der Waals surface area contributed by atoms with Gasteiger partial charge < -0.3 is 4.90 Å². The fraction of sp³-hybridized carbons (Fsp3) is 0.333. The zero-order valence-corrected chi connectivity index (χ0v) is 10.1. The molecule has 1 fully saturated rings. The molecule has 18 heavy (non-hydrogen) atoms. The minimum atomic E-state index is 0.174. The Morgan fingerprint density at radius 3 is 3.06 bits per heavy atom. The predicted octanol–water partition coefficient (Wildman–Crippen LogP) is 2.92. The summed E-state index contributed by atoms with van der Waals surface area (Å²) in [5, 5.41) is 1.06. The van der Waals surface area contributed by atoms with Crippen LogP contribution < -0.4 is 0 Å². The van der Waals surface area contributed by atoms with Crippen LogP contribution in [0.4, 0.5) is 0 Å². The molecule has 2 aromatic rings. The fourth-order valence-electron chi connectivity index (χ4n) is 3.17. The number of rotatable bonds is 0. The van der Waals surface area contributed by atoms with Gasteiger partial charge in [0.25, 0.3) is 5.91 Å². The van der Waals surface area contributed by atoms with E-state index in [-0.39, 0.29) is 11.9 Å². The maximum Gasteiger partial charge on any atom is 0.256 e. The van der Waals surface area contributed by atoms with Gasteiger partial charge in [-0.05, 0) is 31.4 Å². The minimum Gasteiger partial charge on any atom is -0.330 e. The lowest BCUT2D eigenvalue weighted by molar-refractivity contribution is 0.0669. The van der Waals surface area contributed by atoms with Gasteiger partial charge in [0.2, 0.25) is 0 Å². The van der Waals surface area contributed by atoms with E-state index >= 15 is 0 Å². The quantitative estimate of drug-likeness (QED) is 0.707. The van der Waals surface area contributed by atoms with Gasteiger partial charge in [-0.2, -0.15) is 0 Å². The standard InChI is InChI=1S/C15H14N2O/c18-15-11-9-10-5-1-2-6-12(10)16-14(11)13-7-3-4-8-17(13)15/h1-2,5-6,9,13H,3-4,7-8H2/t13-/m0/s1. The Morgan fingerprint density at radius 2 is 2.11 bits per heavy atom. The molecule has 3 heterocycles. The normalized spacial score (nSPS) is 22.1. The summed E-state index contributed by atoms with van der Waals surface area (Å²) < 4.78 is 0. The van der Waals surface area contributed by atoms with Crippen LogP contribution in [0, 0.1) is 0 Å². The molecular formula is C15H14N2O. The number of carbonyl (C=O) groups is 1. The summed E-state index contributed by atoms with van der Waals surface area (Å²) in [7, 11) is 0. The van der Waals surface area contributed by atoms with E-state index in [9.17, 15) is 4.79 Å². The SMILES string of the molecule is O=C1c2cc3ccccc3nc2[C@@H]2CCCCN12. The molecule has 1 saturated heterocycles. The van der Waals surface area contributed by atoms with E-state index in [1.165, 1.54) is 6.42 Å². The molecule has 90 valence electrons. The lowest BCUT2D eigenvalue weighted by Gasteiger charge is -2.29. The third kappa shape index (κ3) is 1.24. The van der Waals surface area contributed by atoms with Gasteiger partial charge in [0, 0.05) is 11.9 Å². The van der Waals surface area contributed by atoms with Crippen molar-refractivity contribution in [1.82, 2.24) is 9.88 Å². The number of benzene rings is 1. The zero-order valence-electron chi connectivity index (χ0n) is 10.1. The van der Waals surface area contributed by atoms with Crippen molar-refractivity contribution in [2.75, 3.05) is 6.54 Å². The molecule has 2 aliphatic heterocycles. The van der Waals surface area contributed by atoms with Crippen molar-refractivity contribution in [3.63, 3.8) is 0 Å². The first kappa shape index (κ1) is 10.1. The van der Waals surface area contributed by atoms with Crippen molar-refractivity contribution in [1.29, 1.82) is 0 Å². The number of piperidine rings is 1. The van der Waals surface area contributed by atoms with Gasteiger partial charge in [-0.3, -0.25) is 4.79 Å². The second-order valence-electron chi connectivity index (χ2n) is 5.12. The van der Waals surface area contributed by atoms with Crippen LogP contribution in [0.1, 0.15) is 41.4 Å². The van der Waals surface area contributed by atoms with Crippen LogP contribution in [-0.4, -0.2) is 22.3 Å². The maximum absolute atomic E-state index is 12.4. The lowest BCUT2D eigenvalue weighted by Crippen LogP contribution is -2.32.